The van der Waals surface area contributed by atoms with Crippen molar-refractivity contribution in [3.05, 3.63) is 93.5 Å². The van der Waals surface area contributed by atoms with Gasteiger partial charge in [0.15, 0.2) is 11.5 Å². The van der Waals surface area contributed by atoms with Crippen molar-refractivity contribution < 1.29 is 19.2 Å². The predicted octanol–water partition coefficient (Wildman–Crippen LogP) is 4.74. The van der Waals surface area contributed by atoms with E-state index >= 15 is 0 Å². The summed E-state index contributed by atoms with van der Waals surface area (Å²) in [4.78, 5) is 23.6. The van der Waals surface area contributed by atoms with Gasteiger partial charge in [0.1, 0.15) is 12.2 Å². The number of methoxy groups -OCH3 is 1. The van der Waals surface area contributed by atoms with Crippen LogP contribution in [-0.2, 0) is 6.61 Å². The zero-order valence-electron chi connectivity index (χ0n) is 16.0. The average molecular weight is 392 g/mol. The maximum Gasteiger partial charge on any atom is 0.286 e. The molecule has 1 amide bonds. The smallest absolute Gasteiger partial charge is 0.286 e. The molecule has 0 unspecified atom stereocenters. The maximum absolute atomic E-state index is 12.7. The minimum atomic E-state index is -0.612. The lowest BCUT2D eigenvalue weighted by Gasteiger charge is -2.13. The van der Waals surface area contributed by atoms with Crippen LogP contribution in [0.2, 0.25) is 0 Å². The Balaban J connectivity index is 1.89. The number of nitro groups is 1. The van der Waals surface area contributed by atoms with Crippen molar-refractivity contribution >= 4 is 17.3 Å². The molecule has 0 heterocycles. The minimum absolute atomic E-state index is 0.112. The van der Waals surface area contributed by atoms with Gasteiger partial charge in [0.25, 0.3) is 11.6 Å². The van der Waals surface area contributed by atoms with Crippen molar-refractivity contribution in [1.29, 1.82) is 0 Å². The molecule has 1 N–H and O–H groups in total. The number of ether oxygens (including phenoxy) is 2. The average Bonchev–Trinajstić information content (AvgIpc) is 2.73. The van der Waals surface area contributed by atoms with Crippen LogP contribution >= 0.6 is 0 Å². The third-order valence-corrected chi connectivity index (χ3v) is 4.27. The number of anilines is 1. The standard InChI is InChI=1S/C22H20N2O5/c1-15-8-10-17(11-9-15)23-22(25)18-12-20(28-2)21(13-19(18)24(26)27)29-14-16-6-4-3-5-7-16/h3-13H,14H2,1-2H3,(H,23,25). The van der Waals surface area contributed by atoms with Crippen LogP contribution in [0.4, 0.5) is 11.4 Å². The van der Waals surface area contributed by atoms with E-state index in [0.29, 0.717) is 5.69 Å². The molecular formula is C22H20N2O5. The lowest BCUT2D eigenvalue weighted by atomic mass is 10.1. The van der Waals surface area contributed by atoms with E-state index < -0.39 is 10.8 Å². The molecule has 0 radical (unpaired) electrons. The van der Waals surface area contributed by atoms with Gasteiger partial charge in [0.05, 0.1) is 18.1 Å². The van der Waals surface area contributed by atoms with Gasteiger partial charge in [-0.25, -0.2) is 0 Å². The zero-order valence-corrected chi connectivity index (χ0v) is 16.0. The van der Waals surface area contributed by atoms with E-state index in [1.165, 1.54) is 19.2 Å². The second-order valence-electron chi connectivity index (χ2n) is 6.37. The largest absolute Gasteiger partial charge is 0.493 e. The van der Waals surface area contributed by atoms with E-state index in [1.54, 1.807) is 12.1 Å². The van der Waals surface area contributed by atoms with Crippen molar-refractivity contribution in [2.24, 2.45) is 0 Å². The fraction of sp³-hybridized carbons (Fsp3) is 0.136. The SMILES string of the molecule is COc1cc(C(=O)Nc2ccc(C)cc2)c([N+](=O)[O-])cc1OCc1ccccc1. The molecule has 0 saturated heterocycles. The summed E-state index contributed by atoms with van der Waals surface area (Å²) in [6.07, 6.45) is 0. The Morgan fingerprint density at radius 1 is 1.03 bits per heavy atom. The van der Waals surface area contributed by atoms with Crippen molar-refractivity contribution in [3.8, 4) is 11.5 Å². The summed E-state index contributed by atoms with van der Waals surface area (Å²) in [7, 11) is 1.41. The molecule has 29 heavy (non-hydrogen) atoms. The molecule has 0 saturated carbocycles. The van der Waals surface area contributed by atoms with Crippen LogP contribution in [0.25, 0.3) is 0 Å². The Morgan fingerprint density at radius 2 is 1.72 bits per heavy atom. The third kappa shape index (κ3) is 4.90. The van der Waals surface area contributed by atoms with E-state index in [9.17, 15) is 14.9 Å². The van der Waals surface area contributed by atoms with Crippen LogP contribution in [0.3, 0.4) is 0 Å². The van der Waals surface area contributed by atoms with Crippen LogP contribution in [0, 0.1) is 17.0 Å². The molecule has 0 spiro atoms. The van der Waals surface area contributed by atoms with Gasteiger partial charge in [0.2, 0.25) is 0 Å². The summed E-state index contributed by atoms with van der Waals surface area (Å²) in [6.45, 7) is 2.14. The van der Waals surface area contributed by atoms with E-state index in [4.69, 9.17) is 9.47 Å². The molecule has 0 aromatic heterocycles. The van der Waals surface area contributed by atoms with E-state index in [-0.39, 0.29) is 29.4 Å². The van der Waals surface area contributed by atoms with Gasteiger partial charge >= 0.3 is 0 Å². The summed E-state index contributed by atoms with van der Waals surface area (Å²) < 4.78 is 11.0. The van der Waals surface area contributed by atoms with Crippen LogP contribution in [0.5, 0.6) is 11.5 Å². The summed E-state index contributed by atoms with van der Waals surface area (Å²) in [5.74, 6) is -0.177. The predicted molar refractivity (Wildman–Crippen MR) is 110 cm³/mol. The molecule has 7 nitrogen and oxygen atoms in total. The number of carbonyl (C=O) groups is 1. The van der Waals surface area contributed by atoms with Gasteiger partial charge in [-0.1, -0.05) is 48.0 Å². The highest BCUT2D eigenvalue weighted by Crippen LogP contribution is 2.35. The highest BCUT2D eigenvalue weighted by molar-refractivity contribution is 6.07. The number of carbonyl (C=O) groups excluding carboxylic acids is 1. The van der Waals surface area contributed by atoms with Crippen LogP contribution in [0.1, 0.15) is 21.5 Å². The van der Waals surface area contributed by atoms with Gasteiger partial charge in [-0.3, -0.25) is 14.9 Å². The molecule has 3 rings (SSSR count). The quantitative estimate of drug-likeness (QED) is 0.463. The number of nitro benzene ring substituents is 1. The molecule has 0 fully saturated rings. The van der Waals surface area contributed by atoms with Gasteiger partial charge in [-0.05, 0) is 24.6 Å². The Kier molecular flexibility index (Phi) is 6.09. The van der Waals surface area contributed by atoms with Crippen LogP contribution in [0.15, 0.2) is 66.7 Å². The second kappa shape index (κ2) is 8.88. The Labute approximate surface area is 168 Å². The van der Waals surface area contributed by atoms with Gasteiger partial charge in [-0.15, -0.1) is 0 Å². The first kappa shape index (κ1) is 19.9. The first-order valence-corrected chi connectivity index (χ1v) is 8.89. The molecule has 0 aliphatic heterocycles. The van der Waals surface area contributed by atoms with Crippen LogP contribution in [-0.4, -0.2) is 17.9 Å². The highest BCUT2D eigenvalue weighted by atomic mass is 16.6. The van der Waals surface area contributed by atoms with Crippen molar-refractivity contribution in [1.82, 2.24) is 0 Å². The number of amides is 1. The number of hydrogen-bond acceptors (Lipinski definition) is 5. The molecule has 0 atom stereocenters. The summed E-state index contributed by atoms with van der Waals surface area (Å²) in [6, 6.07) is 19.1. The molecular weight excluding hydrogens is 372 g/mol. The van der Waals surface area contributed by atoms with E-state index in [2.05, 4.69) is 5.32 Å². The Morgan fingerprint density at radius 3 is 2.34 bits per heavy atom. The van der Waals surface area contributed by atoms with E-state index in [0.717, 1.165) is 11.1 Å². The molecule has 0 bridgehead atoms. The topological polar surface area (TPSA) is 90.7 Å². The first-order valence-electron chi connectivity index (χ1n) is 8.89. The van der Waals surface area contributed by atoms with Crippen molar-refractivity contribution in [3.63, 3.8) is 0 Å². The molecule has 0 aliphatic carbocycles. The lowest BCUT2D eigenvalue weighted by Crippen LogP contribution is -2.14. The van der Waals surface area contributed by atoms with Crippen LogP contribution < -0.4 is 14.8 Å². The number of hydrogen-bond donors (Lipinski definition) is 1. The second-order valence-corrected chi connectivity index (χ2v) is 6.37. The fourth-order valence-electron chi connectivity index (χ4n) is 2.73. The van der Waals surface area contributed by atoms with Crippen molar-refractivity contribution in [2.75, 3.05) is 12.4 Å². The lowest BCUT2D eigenvalue weighted by molar-refractivity contribution is -0.385. The fourth-order valence-corrected chi connectivity index (χ4v) is 2.73. The minimum Gasteiger partial charge on any atom is -0.493 e. The van der Waals surface area contributed by atoms with Gasteiger partial charge in [0, 0.05) is 11.8 Å². The Bertz CT molecular complexity index is 1020. The molecule has 0 aliphatic rings. The summed E-state index contributed by atoms with van der Waals surface area (Å²) >= 11 is 0. The molecule has 3 aromatic rings. The number of benzene rings is 3. The van der Waals surface area contributed by atoms with Crippen molar-refractivity contribution in [2.45, 2.75) is 13.5 Å². The van der Waals surface area contributed by atoms with E-state index in [1.807, 2.05) is 49.4 Å². The number of rotatable bonds is 7. The van der Waals surface area contributed by atoms with Gasteiger partial charge in [-0.2, -0.15) is 0 Å². The third-order valence-electron chi connectivity index (χ3n) is 4.27. The summed E-state index contributed by atoms with van der Waals surface area (Å²) in [5.41, 5.74) is 2.00. The normalized spacial score (nSPS) is 10.3. The number of nitrogens with zero attached hydrogens (tertiary/aromatic N) is 1. The maximum atomic E-state index is 12.7. The monoisotopic (exact) mass is 392 g/mol. The Hall–Kier alpha value is -3.87. The first-order chi connectivity index (χ1) is 14.0. The molecule has 3 aromatic carbocycles. The number of aryl methyl sites for hydroxylation is 1. The number of nitrogens with one attached hydrogen (secondary N) is 1. The molecule has 7 heteroatoms. The summed E-state index contributed by atoms with van der Waals surface area (Å²) in [5, 5.41) is 14.2. The highest BCUT2D eigenvalue weighted by Gasteiger charge is 2.25. The van der Waals surface area contributed by atoms with Gasteiger partial charge < -0.3 is 14.8 Å². The molecule has 148 valence electrons. The zero-order chi connectivity index (χ0) is 20.8.